The van der Waals surface area contributed by atoms with Gasteiger partial charge in [0.25, 0.3) is 5.91 Å². The maximum atomic E-state index is 13.2. The maximum Gasteiger partial charge on any atom is 0.416 e. The van der Waals surface area contributed by atoms with Gasteiger partial charge in [-0.15, -0.1) is 0 Å². The molecule has 184 valence electrons. The van der Waals surface area contributed by atoms with Crippen molar-refractivity contribution in [3.63, 3.8) is 0 Å². The first kappa shape index (κ1) is 25.2. The monoisotopic (exact) mass is 493 g/mol. The summed E-state index contributed by atoms with van der Waals surface area (Å²) in [6.45, 7) is 3.09. The summed E-state index contributed by atoms with van der Waals surface area (Å²) in [5.74, 6) is -1.71. The lowest BCUT2D eigenvalue weighted by Crippen LogP contribution is -2.43. The van der Waals surface area contributed by atoms with Crippen LogP contribution >= 0.6 is 0 Å². The standard InChI is InChI=1S/C20H26F3N3O6S/c1-13(32-19(28)17-4-3-7-26(17)33(2,29)30)18(27)24-15-12-14(20(21,22)23)5-6-16(15)25-8-10-31-11-9-25/h5-6,12-13,17H,3-4,7-11H2,1-2H3,(H,24,27)/t13-,17-/m1/s1. The van der Waals surface area contributed by atoms with Gasteiger partial charge < -0.3 is 19.7 Å². The van der Waals surface area contributed by atoms with Crippen molar-refractivity contribution in [2.75, 3.05) is 49.3 Å². The third-order valence-corrected chi connectivity index (χ3v) is 6.79. The number of carbonyl (C=O) groups is 2. The zero-order valence-electron chi connectivity index (χ0n) is 18.2. The van der Waals surface area contributed by atoms with Crippen LogP contribution in [0.4, 0.5) is 24.5 Å². The van der Waals surface area contributed by atoms with Gasteiger partial charge in [0, 0.05) is 19.6 Å². The molecule has 2 saturated heterocycles. The van der Waals surface area contributed by atoms with E-state index in [1.807, 2.05) is 0 Å². The van der Waals surface area contributed by atoms with E-state index in [1.165, 1.54) is 13.0 Å². The molecule has 2 atom stereocenters. The van der Waals surface area contributed by atoms with E-state index in [9.17, 15) is 31.2 Å². The van der Waals surface area contributed by atoms with E-state index < -0.39 is 45.8 Å². The highest BCUT2D eigenvalue weighted by Crippen LogP contribution is 2.36. The number of ether oxygens (including phenoxy) is 2. The Hall–Kier alpha value is -2.38. The number of esters is 1. The molecular weight excluding hydrogens is 467 g/mol. The van der Waals surface area contributed by atoms with Crippen molar-refractivity contribution >= 4 is 33.3 Å². The lowest BCUT2D eigenvalue weighted by molar-refractivity contribution is -0.156. The van der Waals surface area contributed by atoms with Crippen LogP contribution in [0.3, 0.4) is 0 Å². The minimum atomic E-state index is -4.61. The van der Waals surface area contributed by atoms with E-state index in [1.54, 1.807) is 4.90 Å². The third kappa shape index (κ3) is 6.15. The summed E-state index contributed by atoms with van der Waals surface area (Å²) >= 11 is 0. The number of nitrogens with one attached hydrogen (secondary N) is 1. The van der Waals surface area contributed by atoms with E-state index in [-0.39, 0.29) is 18.7 Å². The third-order valence-electron chi connectivity index (χ3n) is 5.50. The number of benzene rings is 1. The molecule has 0 unspecified atom stereocenters. The van der Waals surface area contributed by atoms with Gasteiger partial charge in [0.05, 0.1) is 36.4 Å². The van der Waals surface area contributed by atoms with Gasteiger partial charge in [0.1, 0.15) is 6.04 Å². The molecule has 0 spiro atoms. The van der Waals surface area contributed by atoms with E-state index >= 15 is 0 Å². The van der Waals surface area contributed by atoms with Crippen molar-refractivity contribution in [1.29, 1.82) is 0 Å². The average molecular weight is 494 g/mol. The first-order valence-electron chi connectivity index (χ1n) is 10.4. The molecule has 0 radical (unpaired) electrons. The molecule has 1 amide bonds. The molecule has 0 saturated carbocycles. The summed E-state index contributed by atoms with van der Waals surface area (Å²) in [6, 6.07) is 2.01. The smallest absolute Gasteiger partial charge is 0.416 e. The number of amides is 1. The number of sulfonamides is 1. The van der Waals surface area contributed by atoms with Crippen molar-refractivity contribution in [1.82, 2.24) is 4.31 Å². The molecule has 3 rings (SSSR count). The van der Waals surface area contributed by atoms with E-state index in [0.29, 0.717) is 38.4 Å². The summed E-state index contributed by atoms with van der Waals surface area (Å²) < 4.78 is 74.9. The van der Waals surface area contributed by atoms with E-state index in [0.717, 1.165) is 22.7 Å². The highest BCUT2D eigenvalue weighted by molar-refractivity contribution is 7.88. The second-order valence-corrected chi connectivity index (χ2v) is 9.86. The lowest BCUT2D eigenvalue weighted by atomic mass is 10.1. The summed E-state index contributed by atoms with van der Waals surface area (Å²) in [5, 5.41) is 2.43. The number of anilines is 2. The number of halogens is 3. The van der Waals surface area contributed by atoms with Gasteiger partial charge in [0.2, 0.25) is 10.0 Å². The Kier molecular flexibility index (Phi) is 7.54. The Bertz CT molecular complexity index is 995. The van der Waals surface area contributed by atoms with Crippen LogP contribution < -0.4 is 10.2 Å². The summed E-state index contributed by atoms with van der Waals surface area (Å²) in [6.07, 6.45) is -4.25. The molecule has 2 heterocycles. The van der Waals surface area contributed by atoms with Gasteiger partial charge in [-0.25, -0.2) is 8.42 Å². The molecule has 2 aliphatic rings. The summed E-state index contributed by atoms with van der Waals surface area (Å²) in [7, 11) is -3.63. The molecule has 1 N–H and O–H groups in total. The molecule has 0 aromatic heterocycles. The van der Waals surface area contributed by atoms with Gasteiger partial charge in [-0.05, 0) is 38.0 Å². The molecular formula is C20H26F3N3O6S. The zero-order chi connectivity index (χ0) is 24.4. The van der Waals surface area contributed by atoms with Gasteiger partial charge in [-0.2, -0.15) is 17.5 Å². The van der Waals surface area contributed by atoms with Crippen molar-refractivity contribution in [2.45, 2.75) is 38.1 Å². The number of hydrogen-bond acceptors (Lipinski definition) is 7. The van der Waals surface area contributed by atoms with Crippen molar-refractivity contribution < 1.29 is 40.7 Å². The Morgan fingerprint density at radius 3 is 2.48 bits per heavy atom. The second kappa shape index (κ2) is 9.85. The molecule has 2 aliphatic heterocycles. The summed E-state index contributed by atoms with van der Waals surface area (Å²) in [5.41, 5.74) is -0.621. The van der Waals surface area contributed by atoms with Crippen LogP contribution in [0.1, 0.15) is 25.3 Å². The molecule has 1 aromatic carbocycles. The van der Waals surface area contributed by atoms with Gasteiger partial charge in [0.15, 0.2) is 6.10 Å². The van der Waals surface area contributed by atoms with E-state index in [4.69, 9.17) is 9.47 Å². The predicted octanol–water partition coefficient (Wildman–Crippen LogP) is 1.84. The molecule has 2 fully saturated rings. The second-order valence-electron chi connectivity index (χ2n) is 7.93. The van der Waals surface area contributed by atoms with Crippen molar-refractivity contribution in [3.8, 4) is 0 Å². The van der Waals surface area contributed by atoms with E-state index in [2.05, 4.69) is 5.32 Å². The quantitative estimate of drug-likeness (QED) is 0.603. The van der Waals surface area contributed by atoms with Crippen LogP contribution in [0.2, 0.25) is 0 Å². The number of alkyl halides is 3. The predicted molar refractivity (Wildman–Crippen MR) is 113 cm³/mol. The van der Waals surface area contributed by atoms with Crippen LogP contribution in [-0.4, -0.2) is 75.8 Å². The minimum Gasteiger partial charge on any atom is -0.451 e. The topological polar surface area (TPSA) is 105 Å². The Labute approximate surface area is 189 Å². The fraction of sp³-hybridized carbons (Fsp3) is 0.600. The first-order chi connectivity index (χ1) is 15.4. The van der Waals surface area contributed by atoms with Gasteiger partial charge >= 0.3 is 12.1 Å². The highest BCUT2D eigenvalue weighted by Gasteiger charge is 2.39. The first-order valence-corrected chi connectivity index (χ1v) is 12.2. The van der Waals surface area contributed by atoms with Crippen LogP contribution in [0.5, 0.6) is 0 Å². The van der Waals surface area contributed by atoms with Crippen LogP contribution in [0.15, 0.2) is 18.2 Å². The fourth-order valence-electron chi connectivity index (χ4n) is 3.81. The number of carbonyl (C=O) groups excluding carboxylic acids is 2. The average Bonchev–Trinajstić information content (AvgIpc) is 3.24. The lowest BCUT2D eigenvalue weighted by Gasteiger charge is -2.31. The molecule has 1 aromatic rings. The number of morpholine rings is 1. The molecule has 0 bridgehead atoms. The number of rotatable bonds is 6. The minimum absolute atomic E-state index is 0.0711. The van der Waals surface area contributed by atoms with Crippen LogP contribution in [-0.2, 0) is 35.3 Å². The Morgan fingerprint density at radius 1 is 1.21 bits per heavy atom. The van der Waals surface area contributed by atoms with Crippen LogP contribution in [0.25, 0.3) is 0 Å². The SMILES string of the molecule is C[C@@H](OC(=O)[C@H]1CCCN1S(C)(=O)=O)C(=O)Nc1cc(C(F)(F)F)ccc1N1CCOCC1. The van der Waals surface area contributed by atoms with Crippen molar-refractivity contribution in [2.24, 2.45) is 0 Å². The number of nitrogens with zero attached hydrogens (tertiary/aromatic N) is 2. The highest BCUT2D eigenvalue weighted by atomic mass is 32.2. The largest absolute Gasteiger partial charge is 0.451 e. The maximum absolute atomic E-state index is 13.2. The van der Waals surface area contributed by atoms with Crippen molar-refractivity contribution in [3.05, 3.63) is 23.8 Å². The number of hydrogen-bond donors (Lipinski definition) is 1. The zero-order valence-corrected chi connectivity index (χ0v) is 19.0. The van der Waals surface area contributed by atoms with Crippen LogP contribution in [0, 0.1) is 0 Å². The fourth-order valence-corrected chi connectivity index (χ4v) is 4.92. The molecule has 13 heteroatoms. The van der Waals surface area contributed by atoms with Gasteiger partial charge in [-0.1, -0.05) is 0 Å². The Morgan fingerprint density at radius 2 is 1.88 bits per heavy atom. The summed E-state index contributed by atoms with van der Waals surface area (Å²) in [4.78, 5) is 27.0. The van der Waals surface area contributed by atoms with Gasteiger partial charge in [-0.3, -0.25) is 9.59 Å². The Balaban J connectivity index is 1.75. The molecule has 9 nitrogen and oxygen atoms in total. The molecule has 33 heavy (non-hydrogen) atoms. The normalized spacial score (nSPS) is 21.0. The molecule has 0 aliphatic carbocycles.